The minimum Gasteiger partial charge on any atom is -0.306 e. The highest BCUT2D eigenvalue weighted by atomic mass is 79.9. The van der Waals surface area contributed by atoms with Crippen molar-refractivity contribution in [3.8, 4) is 0 Å². The molecule has 0 saturated heterocycles. The molecule has 0 aliphatic rings. The summed E-state index contributed by atoms with van der Waals surface area (Å²) < 4.78 is 14.6. The summed E-state index contributed by atoms with van der Waals surface area (Å²) in [5, 5.41) is 4.12. The first-order chi connectivity index (χ1) is 10.0. The monoisotopic (exact) mass is 369 g/mol. The molecule has 21 heavy (non-hydrogen) atoms. The Labute approximate surface area is 138 Å². The second-order valence-corrected chi connectivity index (χ2v) is 6.38. The predicted octanol–water partition coefficient (Wildman–Crippen LogP) is 5.64. The Morgan fingerprint density at radius 2 is 1.95 bits per heavy atom. The summed E-state index contributed by atoms with van der Waals surface area (Å²) in [6, 6.07) is 10.9. The largest absolute Gasteiger partial charge is 0.306 e. The molecule has 1 unspecified atom stereocenters. The van der Waals surface area contributed by atoms with E-state index in [2.05, 4.69) is 28.2 Å². The molecule has 0 aliphatic heterocycles. The molecule has 1 nitrogen and oxygen atoms in total. The highest BCUT2D eigenvalue weighted by Gasteiger charge is 2.15. The average molecular weight is 371 g/mol. The molecule has 0 radical (unpaired) electrons. The molecule has 0 spiro atoms. The van der Waals surface area contributed by atoms with Crippen LogP contribution in [0.25, 0.3) is 0 Å². The lowest BCUT2D eigenvalue weighted by atomic mass is 9.97. The van der Waals surface area contributed by atoms with Crippen molar-refractivity contribution in [2.24, 2.45) is 0 Å². The third-order valence-electron chi connectivity index (χ3n) is 3.27. The van der Waals surface area contributed by atoms with Crippen LogP contribution in [0, 0.1) is 12.7 Å². The lowest BCUT2D eigenvalue weighted by Gasteiger charge is -2.21. The second-order valence-electron chi connectivity index (χ2n) is 5.12. The van der Waals surface area contributed by atoms with E-state index in [0.717, 1.165) is 34.1 Å². The SMILES string of the molecule is CCCNC(c1cc(C)cc(F)c1)c1ccc(Br)c(Cl)c1. The average Bonchev–Trinajstić information content (AvgIpc) is 2.42. The van der Waals surface area contributed by atoms with Crippen molar-refractivity contribution in [3.05, 3.63) is 68.4 Å². The second kappa shape index (κ2) is 7.39. The molecular weight excluding hydrogens is 353 g/mol. The molecule has 1 N–H and O–H groups in total. The van der Waals surface area contributed by atoms with Crippen LogP contribution >= 0.6 is 27.5 Å². The Kier molecular flexibility index (Phi) is 5.80. The number of benzene rings is 2. The molecule has 2 rings (SSSR count). The van der Waals surface area contributed by atoms with E-state index in [1.54, 1.807) is 6.07 Å². The lowest BCUT2D eigenvalue weighted by Crippen LogP contribution is -2.23. The van der Waals surface area contributed by atoms with E-state index in [9.17, 15) is 4.39 Å². The molecule has 1 atom stereocenters. The molecule has 4 heteroatoms. The van der Waals surface area contributed by atoms with Crippen molar-refractivity contribution >= 4 is 27.5 Å². The van der Waals surface area contributed by atoms with Crippen molar-refractivity contribution in [1.82, 2.24) is 5.32 Å². The fraction of sp³-hybridized carbons (Fsp3) is 0.294. The molecule has 0 aliphatic carbocycles. The van der Waals surface area contributed by atoms with Crippen LogP contribution < -0.4 is 5.32 Å². The van der Waals surface area contributed by atoms with E-state index >= 15 is 0 Å². The van der Waals surface area contributed by atoms with Gasteiger partial charge in [-0.2, -0.15) is 0 Å². The summed E-state index contributed by atoms with van der Waals surface area (Å²) in [6.45, 7) is 4.86. The van der Waals surface area contributed by atoms with Crippen molar-refractivity contribution in [2.75, 3.05) is 6.54 Å². The first kappa shape index (κ1) is 16.5. The van der Waals surface area contributed by atoms with Gasteiger partial charge in [0, 0.05) is 4.47 Å². The minimum absolute atomic E-state index is 0.0649. The van der Waals surface area contributed by atoms with E-state index in [0.29, 0.717) is 5.02 Å². The number of nitrogens with one attached hydrogen (secondary N) is 1. The molecular formula is C17H18BrClFN. The normalized spacial score (nSPS) is 12.4. The Hall–Kier alpha value is -0.900. The first-order valence-electron chi connectivity index (χ1n) is 6.96. The van der Waals surface area contributed by atoms with E-state index in [1.165, 1.54) is 6.07 Å². The zero-order valence-corrected chi connectivity index (χ0v) is 14.4. The Bertz CT molecular complexity index is 610. The van der Waals surface area contributed by atoms with Crippen LogP contribution in [0.5, 0.6) is 0 Å². The van der Waals surface area contributed by atoms with Gasteiger partial charge in [0.25, 0.3) is 0 Å². The van der Waals surface area contributed by atoms with Gasteiger partial charge in [0.05, 0.1) is 11.1 Å². The first-order valence-corrected chi connectivity index (χ1v) is 8.13. The Morgan fingerprint density at radius 1 is 1.19 bits per heavy atom. The van der Waals surface area contributed by atoms with Crippen LogP contribution in [0.2, 0.25) is 5.02 Å². The third kappa shape index (κ3) is 4.29. The van der Waals surface area contributed by atoms with E-state index < -0.39 is 0 Å². The Morgan fingerprint density at radius 3 is 2.57 bits per heavy atom. The van der Waals surface area contributed by atoms with Crippen LogP contribution in [0.15, 0.2) is 40.9 Å². The number of aryl methyl sites for hydroxylation is 1. The molecule has 2 aromatic carbocycles. The van der Waals surface area contributed by atoms with Crippen molar-refractivity contribution < 1.29 is 4.39 Å². The van der Waals surface area contributed by atoms with Gasteiger partial charge in [-0.3, -0.25) is 0 Å². The van der Waals surface area contributed by atoms with Gasteiger partial charge in [-0.25, -0.2) is 4.39 Å². The molecule has 2 aromatic rings. The maximum absolute atomic E-state index is 13.7. The Balaban J connectivity index is 2.43. The van der Waals surface area contributed by atoms with Gasteiger partial charge in [0.15, 0.2) is 0 Å². The van der Waals surface area contributed by atoms with Crippen molar-refractivity contribution in [3.63, 3.8) is 0 Å². The topological polar surface area (TPSA) is 12.0 Å². The fourth-order valence-corrected chi connectivity index (χ4v) is 2.78. The summed E-state index contributed by atoms with van der Waals surface area (Å²) in [7, 11) is 0. The quantitative estimate of drug-likeness (QED) is 0.718. The summed E-state index contributed by atoms with van der Waals surface area (Å²) in [4.78, 5) is 0. The highest BCUT2D eigenvalue weighted by Crippen LogP contribution is 2.30. The van der Waals surface area contributed by atoms with E-state index in [1.807, 2.05) is 31.2 Å². The number of rotatable bonds is 5. The zero-order chi connectivity index (χ0) is 15.4. The summed E-state index contributed by atoms with van der Waals surface area (Å²) in [5.74, 6) is -0.212. The van der Waals surface area contributed by atoms with Gasteiger partial charge in [0.2, 0.25) is 0 Å². The smallest absolute Gasteiger partial charge is 0.123 e. The maximum atomic E-state index is 13.7. The standard InChI is InChI=1S/C17H18BrClFN/c1-3-6-21-17(12-4-5-15(18)16(19)10-12)13-7-11(2)8-14(20)9-13/h4-5,7-10,17,21H,3,6H2,1-2H3. The number of hydrogen-bond donors (Lipinski definition) is 1. The van der Waals surface area contributed by atoms with Crippen LogP contribution in [-0.2, 0) is 0 Å². The van der Waals surface area contributed by atoms with Gasteiger partial charge >= 0.3 is 0 Å². The van der Waals surface area contributed by atoms with E-state index in [4.69, 9.17) is 11.6 Å². The predicted molar refractivity (Wildman–Crippen MR) is 90.4 cm³/mol. The van der Waals surface area contributed by atoms with Gasteiger partial charge in [0.1, 0.15) is 5.82 Å². The van der Waals surface area contributed by atoms with Gasteiger partial charge in [-0.05, 0) is 76.8 Å². The van der Waals surface area contributed by atoms with E-state index in [-0.39, 0.29) is 11.9 Å². The summed E-state index contributed by atoms with van der Waals surface area (Å²) in [5.41, 5.74) is 2.86. The van der Waals surface area contributed by atoms with Crippen molar-refractivity contribution in [1.29, 1.82) is 0 Å². The number of halogens is 3. The molecule has 0 bridgehead atoms. The molecule has 112 valence electrons. The number of hydrogen-bond acceptors (Lipinski definition) is 1. The zero-order valence-electron chi connectivity index (χ0n) is 12.1. The molecule has 0 saturated carbocycles. The minimum atomic E-state index is -0.212. The van der Waals surface area contributed by atoms with Gasteiger partial charge in [-0.1, -0.05) is 30.7 Å². The maximum Gasteiger partial charge on any atom is 0.123 e. The summed E-state index contributed by atoms with van der Waals surface area (Å²) >= 11 is 9.59. The summed E-state index contributed by atoms with van der Waals surface area (Å²) in [6.07, 6.45) is 1.01. The third-order valence-corrected chi connectivity index (χ3v) is 4.51. The van der Waals surface area contributed by atoms with Gasteiger partial charge in [-0.15, -0.1) is 0 Å². The fourth-order valence-electron chi connectivity index (χ4n) is 2.34. The molecule has 0 fully saturated rings. The highest BCUT2D eigenvalue weighted by molar-refractivity contribution is 9.10. The van der Waals surface area contributed by atoms with Gasteiger partial charge < -0.3 is 5.32 Å². The van der Waals surface area contributed by atoms with Crippen LogP contribution in [0.3, 0.4) is 0 Å². The lowest BCUT2D eigenvalue weighted by molar-refractivity contribution is 0.584. The molecule has 0 heterocycles. The van der Waals surface area contributed by atoms with Crippen LogP contribution in [0.4, 0.5) is 4.39 Å². The van der Waals surface area contributed by atoms with Crippen molar-refractivity contribution in [2.45, 2.75) is 26.3 Å². The molecule has 0 amide bonds. The van der Waals surface area contributed by atoms with Crippen LogP contribution in [-0.4, -0.2) is 6.54 Å². The van der Waals surface area contributed by atoms with Crippen LogP contribution in [0.1, 0.15) is 36.1 Å². The molecule has 0 aromatic heterocycles.